The van der Waals surface area contributed by atoms with Crippen molar-refractivity contribution in [3.8, 4) is 11.3 Å². The Morgan fingerprint density at radius 3 is 2.44 bits per heavy atom. The molecule has 8 heteroatoms. The number of nitrogens with zero attached hydrogens (tertiary/aromatic N) is 2. The van der Waals surface area contributed by atoms with Crippen LogP contribution in [-0.4, -0.2) is 36.7 Å². The number of anilines is 1. The molecule has 1 heterocycles. The number of benzene rings is 1. The Morgan fingerprint density at radius 2 is 1.85 bits per heavy atom. The molecule has 1 aromatic heterocycles. The molecule has 1 amide bonds. The molecule has 1 fully saturated rings. The smallest absolute Gasteiger partial charge is 0.243 e. The number of carbonyl (C=O) groups excluding carboxylic acids is 1. The highest BCUT2D eigenvalue weighted by Gasteiger charge is 2.24. The van der Waals surface area contributed by atoms with Crippen molar-refractivity contribution in [2.24, 2.45) is 5.92 Å². The molecule has 0 bridgehead atoms. The topological polar surface area (TPSA) is 79.4 Å². The highest BCUT2D eigenvalue weighted by atomic mass is 32.2. The molecule has 1 saturated carbocycles. The van der Waals surface area contributed by atoms with E-state index in [9.17, 15) is 13.2 Å². The van der Waals surface area contributed by atoms with Crippen LogP contribution in [-0.2, 0) is 14.8 Å². The first-order chi connectivity index (χ1) is 13.0. The normalized spacial score (nSPS) is 15.4. The van der Waals surface area contributed by atoms with Crippen LogP contribution < -0.4 is 5.32 Å². The van der Waals surface area contributed by atoms with E-state index in [2.05, 4.69) is 10.3 Å². The van der Waals surface area contributed by atoms with Crippen LogP contribution in [0, 0.1) is 5.92 Å². The summed E-state index contributed by atoms with van der Waals surface area (Å²) < 4.78 is 26.5. The minimum absolute atomic E-state index is 0. The number of carbonyl (C=O) groups is 1. The zero-order valence-corrected chi connectivity index (χ0v) is 17.3. The first-order valence-electron chi connectivity index (χ1n) is 9.32. The summed E-state index contributed by atoms with van der Waals surface area (Å²) in [6.07, 6.45) is 4.13. The van der Waals surface area contributed by atoms with Gasteiger partial charge in [-0.3, -0.25) is 4.79 Å². The quantitative estimate of drug-likeness (QED) is 0.743. The fourth-order valence-corrected chi connectivity index (χ4v) is 5.55. The maximum atomic E-state index is 12.6. The zero-order chi connectivity index (χ0) is 19.4. The largest absolute Gasteiger partial charge is 0.302 e. The Balaban J connectivity index is 0.00000280. The molecule has 0 saturated heterocycles. The fourth-order valence-electron chi connectivity index (χ4n) is 3.37. The predicted octanol–water partition coefficient (Wildman–Crippen LogP) is 4.22. The Kier molecular flexibility index (Phi) is 6.29. The number of hydrogen-bond acceptors (Lipinski definition) is 5. The van der Waals surface area contributed by atoms with Gasteiger partial charge < -0.3 is 5.32 Å². The van der Waals surface area contributed by atoms with Crippen molar-refractivity contribution >= 4 is 32.4 Å². The van der Waals surface area contributed by atoms with Gasteiger partial charge in [0.1, 0.15) is 0 Å². The number of aromatic nitrogens is 1. The van der Waals surface area contributed by atoms with Gasteiger partial charge in [0.2, 0.25) is 15.9 Å². The van der Waals surface area contributed by atoms with Crippen molar-refractivity contribution in [2.45, 2.75) is 44.4 Å². The SMILES string of the molecule is CCN(CC)S(=O)(=O)c1ccc(-c2csc(NC(=O)C3CCCC3)n2)cc1.[HH]. The summed E-state index contributed by atoms with van der Waals surface area (Å²) in [5.74, 6) is 0.149. The molecule has 27 heavy (non-hydrogen) atoms. The van der Waals surface area contributed by atoms with Crippen LogP contribution in [0.15, 0.2) is 34.5 Å². The van der Waals surface area contributed by atoms with Crippen LogP contribution in [0.5, 0.6) is 0 Å². The van der Waals surface area contributed by atoms with Gasteiger partial charge in [0.15, 0.2) is 5.13 Å². The Labute approximate surface area is 166 Å². The lowest BCUT2D eigenvalue weighted by Crippen LogP contribution is -2.30. The van der Waals surface area contributed by atoms with Gasteiger partial charge in [-0.1, -0.05) is 38.8 Å². The Morgan fingerprint density at radius 1 is 1.22 bits per heavy atom. The minimum atomic E-state index is -3.46. The van der Waals surface area contributed by atoms with E-state index in [4.69, 9.17) is 0 Å². The molecule has 148 valence electrons. The first kappa shape index (κ1) is 20.0. The lowest BCUT2D eigenvalue weighted by molar-refractivity contribution is -0.119. The molecule has 0 aliphatic heterocycles. The molecule has 1 aromatic carbocycles. The molecular formula is C19H27N3O3S2. The van der Waals surface area contributed by atoms with Gasteiger partial charge in [-0.15, -0.1) is 11.3 Å². The number of thiazole rings is 1. The highest BCUT2D eigenvalue weighted by molar-refractivity contribution is 7.89. The predicted molar refractivity (Wildman–Crippen MR) is 110 cm³/mol. The van der Waals surface area contributed by atoms with Gasteiger partial charge in [0.25, 0.3) is 0 Å². The molecule has 0 spiro atoms. The van der Waals surface area contributed by atoms with E-state index in [1.165, 1.54) is 15.6 Å². The van der Waals surface area contributed by atoms with E-state index in [0.29, 0.717) is 18.2 Å². The monoisotopic (exact) mass is 409 g/mol. The van der Waals surface area contributed by atoms with Gasteiger partial charge >= 0.3 is 0 Å². The second-order valence-corrected chi connectivity index (χ2v) is 9.42. The molecular weight excluding hydrogens is 382 g/mol. The average Bonchev–Trinajstić information content (AvgIpc) is 3.35. The second-order valence-electron chi connectivity index (χ2n) is 6.62. The molecule has 0 unspecified atom stereocenters. The standard InChI is InChI=1S/C19H25N3O3S2.H2/c1-3-22(4-2)27(24,25)16-11-9-14(10-12-16)17-13-26-19(20-17)21-18(23)15-7-5-6-8-15;/h9-13,15H,3-8H2,1-2H3,(H,20,21,23);1H. The lowest BCUT2D eigenvalue weighted by Gasteiger charge is -2.18. The van der Waals surface area contributed by atoms with E-state index >= 15 is 0 Å². The van der Waals surface area contributed by atoms with Crippen molar-refractivity contribution in [1.82, 2.24) is 9.29 Å². The van der Waals surface area contributed by atoms with Gasteiger partial charge in [0.05, 0.1) is 10.6 Å². The summed E-state index contributed by atoms with van der Waals surface area (Å²) >= 11 is 1.38. The molecule has 2 aromatic rings. The molecule has 0 radical (unpaired) electrons. The van der Waals surface area contributed by atoms with E-state index < -0.39 is 10.0 Å². The number of amides is 1. The van der Waals surface area contributed by atoms with Gasteiger partial charge in [-0.25, -0.2) is 13.4 Å². The number of hydrogen-bond donors (Lipinski definition) is 1. The van der Waals surface area contributed by atoms with Crippen molar-refractivity contribution in [3.05, 3.63) is 29.6 Å². The molecule has 0 atom stereocenters. The van der Waals surface area contributed by atoms with Crippen LogP contribution in [0.4, 0.5) is 5.13 Å². The summed E-state index contributed by atoms with van der Waals surface area (Å²) in [6, 6.07) is 6.74. The third kappa shape index (κ3) is 4.39. The molecule has 3 rings (SSSR count). The second kappa shape index (κ2) is 8.50. The maximum Gasteiger partial charge on any atom is 0.243 e. The molecule has 1 aliphatic rings. The molecule has 6 nitrogen and oxygen atoms in total. The third-order valence-corrected chi connectivity index (χ3v) is 7.78. The number of rotatable bonds is 7. The van der Waals surface area contributed by atoms with Crippen molar-refractivity contribution in [1.29, 1.82) is 0 Å². The number of nitrogens with one attached hydrogen (secondary N) is 1. The zero-order valence-electron chi connectivity index (χ0n) is 15.6. The van der Waals surface area contributed by atoms with Crippen LogP contribution in [0.2, 0.25) is 0 Å². The van der Waals surface area contributed by atoms with Gasteiger partial charge in [-0.2, -0.15) is 4.31 Å². The average molecular weight is 410 g/mol. The summed E-state index contributed by atoms with van der Waals surface area (Å²) in [5.41, 5.74) is 1.56. The fraction of sp³-hybridized carbons (Fsp3) is 0.474. The summed E-state index contributed by atoms with van der Waals surface area (Å²) in [5, 5.41) is 5.36. The summed E-state index contributed by atoms with van der Waals surface area (Å²) in [6.45, 7) is 4.53. The third-order valence-electron chi connectivity index (χ3n) is 4.95. The van der Waals surface area contributed by atoms with Crippen molar-refractivity contribution in [2.75, 3.05) is 18.4 Å². The van der Waals surface area contributed by atoms with Crippen LogP contribution >= 0.6 is 11.3 Å². The van der Waals surface area contributed by atoms with Crippen LogP contribution in [0.1, 0.15) is 41.0 Å². The number of sulfonamides is 1. The molecule has 1 N–H and O–H groups in total. The first-order valence-corrected chi connectivity index (χ1v) is 11.6. The highest BCUT2D eigenvalue weighted by Crippen LogP contribution is 2.29. The van der Waals surface area contributed by atoms with Crippen molar-refractivity contribution in [3.63, 3.8) is 0 Å². The van der Waals surface area contributed by atoms with E-state index in [1.54, 1.807) is 24.3 Å². The lowest BCUT2D eigenvalue weighted by atomic mass is 10.1. The summed E-state index contributed by atoms with van der Waals surface area (Å²) in [4.78, 5) is 17.0. The Bertz CT molecular complexity index is 887. The van der Waals surface area contributed by atoms with E-state index in [1.807, 2.05) is 19.2 Å². The maximum absolute atomic E-state index is 12.6. The Hall–Kier alpha value is -1.77. The van der Waals surface area contributed by atoms with Crippen LogP contribution in [0.3, 0.4) is 0 Å². The van der Waals surface area contributed by atoms with Gasteiger partial charge in [0, 0.05) is 31.4 Å². The van der Waals surface area contributed by atoms with Crippen molar-refractivity contribution < 1.29 is 14.6 Å². The van der Waals surface area contributed by atoms with Crippen LogP contribution in [0.25, 0.3) is 11.3 Å². The summed E-state index contributed by atoms with van der Waals surface area (Å²) in [7, 11) is -3.46. The van der Waals surface area contributed by atoms with E-state index in [0.717, 1.165) is 36.9 Å². The van der Waals surface area contributed by atoms with Gasteiger partial charge in [-0.05, 0) is 25.0 Å². The molecule has 1 aliphatic carbocycles. The minimum Gasteiger partial charge on any atom is -0.302 e. The van der Waals surface area contributed by atoms with E-state index in [-0.39, 0.29) is 18.1 Å².